The molecule has 1 aromatic heterocycles. The molecule has 3 N–H and O–H groups in total. The van der Waals surface area contributed by atoms with E-state index in [2.05, 4.69) is 14.7 Å². The van der Waals surface area contributed by atoms with Gasteiger partial charge in [0.1, 0.15) is 4.90 Å². The molecule has 2 aromatic rings. The molecule has 0 atom stereocenters. The number of sulfonamides is 1. The van der Waals surface area contributed by atoms with Crippen LogP contribution in [0.5, 0.6) is 0 Å². The van der Waals surface area contributed by atoms with Crippen LogP contribution in [0.4, 0.5) is 5.95 Å². The van der Waals surface area contributed by atoms with Crippen molar-refractivity contribution in [3.63, 3.8) is 0 Å². The standard InChI is InChI=1S/C13H16N4O2S/c1-10-4-2-3-5-11(10)6-7-17-20(18,19)12-8-15-13(14)16-9-12/h2-5,8-9,17H,6-7H2,1H3,(H2,14,15,16). The molecule has 0 aliphatic heterocycles. The molecule has 7 heteroatoms. The molecule has 0 fully saturated rings. The number of hydrogen-bond acceptors (Lipinski definition) is 5. The molecule has 0 unspecified atom stereocenters. The summed E-state index contributed by atoms with van der Waals surface area (Å²) in [6.45, 7) is 2.31. The van der Waals surface area contributed by atoms with Crippen LogP contribution in [0, 0.1) is 6.92 Å². The summed E-state index contributed by atoms with van der Waals surface area (Å²) in [6.07, 6.45) is 3.01. The van der Waals surface area contributed by atoms with Crippen LogP contribution in [0.1, 0.15) is 11.1 Å². The lowest BCUT2D eigenvalue weighted by atomic mass is 10.1. The zero-order valence-electron chi connectivity index (χ0n) is 11.1. The Morgan fingerprint density at radius 1 is 1.20 bits per heavy atom. The van der Waals surface area contributed by atoms with Crippen LogP contribution in [0.25, 0.3) is 0 Å². The normalized spacial score (nSPS) is 11.4. The van der Waals surface area contributed by atoms with Crippen LogP contribution < -0.4 is 10.5 Å². The topological polar surface area (TPSA) is 98.0 Å². The van der Waals surface area contributed by atoms with Crippen LogP contribution in [-0.4, -0.2) is 24.9 Å². The fourth-order valence-corrected chi connectivity index (χ4v) is 2.68. The van der Waals surface area contributed by atoms with Gasteiger partial charge in [-0.1, -0.05) is 24.3 Å². The predicted octanol–water partition coefficient (Wildman–Crippen LogP) is 0.888. The van der Waals surface area contributed by atoms with E-state index in [0.717, 1.165) is 11.1 Å². The summed E-state index contributed by atoms with van der Waals surface area (Å²) in [5.74, 6) is 0.0452. The average molecular weight is 292 g/mol. The summed E-state index contributed by atoms with van der Waals surface area (Å²) in [5.41, 5.74) is 7.58. The van der Waals surface area contributed by atoms with Crippen molar-refractivity contribution in [2.45, 2.75) is 18.2 Å². The highest BCUT2D eigenvalue weighted by atomic mass is 32.2. The minimum atomic E-state index is -3.59. The van der Waals surface area contributed by atoms with Crippen molar-refractivity contribution in [3.8, 4) is 0 Å². The second-order valence-corrected chi connectivity index (χ2v) is 6.12. The molecule has 2 rings (SSSR count). The van der Waals surface area contributed by atoms with Crippen molar-refractivity contribution < 1.29 is 8.42 Å². The molecule has 0 spiro atoms. The highest BCUT2D eigenvalue weighted by Crippen LogP contribution is 2.09. The van der Waals surface area contributed by atoms with Gasteiger partial charge in [-0.25, -0.2) is 23.1 Å². The van der Waals surface area contributed by atoms with Gasteiger partial charge in [0, 0.05) is 6.54 Å². The fraction of sp³-hybridized carbons (Fsp3) is 0.231. The number of nitrogens with two attached hydrogens (primary N) is 1. The third kappa shape index (κ3) is 3.52. The maximum Gasteiger partial charge on any atom is 0.243 e. The van der Waals surface area contributed by atoms with Crippen molar-refractivity contribution in [3.05, 3.63) is 47.8 Å². The van der Waals surface area contributed by atoms with Crippen molar-refractivity contribution >= 4 is 16.0 Å². The SMILES string of the molecule is Cc1ccccc1CCNS(=O)(=O)c1cnc(N)nc1. The van der Waals surface area contributed by atoms with Crippen molar-refractivity contribution in [1.82, 2.24) is 14.7 Å². The number of rotatable bonds is 5. The highest BCUT2D eigenvalue weighted by molar-refractivity contribution is 7.89. The van der Waals surface area contributed by atoms with Crippen LogP contribution >= 0.6 is 0 Å². The third-order valence-electron chi connectivity index (χ3n) is 2.91. The largest absolute Gasteiger partial charge is 0.368 e. The Bertz CT molecular complexity index is 684. The molecule has 1 aromatic carbocycles. The smallest absolute Gasteiger partial charge is 0.243 e. The number of aromatic nitrogens is 2. The van der Waals surface area contributed by atoms with Gasteiger partial charge in [0.25, 0.3) is 0 Å². The summed E-state index contributed by atoms with van der Waals surface area (Å²) >= 11 is 0. The molecule has 0 bridgehead atoms. The first kappa shape index (κ1) is 14.4. The maximum atomic E-state index is 12.0. The molecule has 0 saturated heterocycles. The Kier molecular flexibility index (Phi) is 4.31. The van der Waals surface area contributed by atoms with E-state index in [1.54, 1.807) is 0 Å². The van der Waals surface area contributed by atoms with Gasteiger partial charge in [0.15, 0.2) is 0 Å². The molecule has 0 radical (unpaired) electrons. The summed E-state index contributed by atoms with van der Waals surface area (Å²) in [4.78, 5) is 7.36. The molecule has 0 aliphatic rings. The molecule has 106 valence electrons. The summed E-state index contributed by atoms with van der Waals surface area (Å²) in [6, 6.07) is 7.87. The monoisotopic (exact) mass is 292 g/mol. The molecule has 0 saturated carbocycles. The summed E-state index contributed by atoms with van der Waals surface area (Å²) in [7, 11) is -3.59. The minimum absolute atomic E-state index is 0.0106. The van der Waals surface area contributed by atoms with Crippen molar-refractivity contribution in [1.29, 1.82) is 0 Å². The Hall–Kier alpha value is -1.99. The summed E-state index contributed by atoms with van der Waals surface area (Å²) < 4.78 is 26.5. The molecular weight excluding hydrogens is 276 g/mol. The zero-order chi connectivity index (χ0) is 14.6. The lowest BCUT2D eigenvalue weighted by Crippen LogP contribution is -2.26. The first-order valence-corrected chi connectivity index (χ1v) is 7.59. The first-order chi connectivity index (χ1) is 9.49. The average Bonchev–Trinajstić information content (AvgIpc) is 2.41. The van der Waals surface area contributed by atoms with E-state index < -0.39 is 10.0 Å². The van der Waals surface area contributed by atoms with Gasteiger partial charge >= 0.3 is 0 Å². The van der Waals surface area contributed by atoms with Gasteiger partial charge in [0.05, 0.1) is 12.4 Å². The van der Waals surface area contributed by atoms with Crippen LogP contribution in [-0.2, 0) is 16.4 Å². The van der Waals surface area contributed by atoms with E-state index >= 15 is 0 Å². The molecular formula is C13H16N4O2S. The molecule has 0 amide bonds. The van der Waals surface area contributed by atoms with Crippen molar-refractivity contribution in [2.24, 2.45) is 0 Å². The molecule has 6 nitrogen and oxygen atoms in total. The Balaban J connectivity index is 2.00. The number of anilines is 1. The second kappa shape index (κ2) is 5.98. The zero-order valence-corrected chi connectivity index (χ0v) is 11.9. The van der Waals surface area contributed by atoms with E-state index in [9.17, 15) is 8.42 Å². The van der Waals surface area contributed by atoms with E-state index in [1.165, 1.54) is 12.4 Å². The lowest BCUT2D eigenvalue weighted by Gasteiger charge is -2.08. The van der Waals surface area contributed by atoms with Crippen molar-refractivity contribution in [2.75, 3.05) is 12.3 Å². The van der Waals surface area contributed by atoms with E-state index in [0.29, 0.717) is 13.0 Å². The fourth-order valence-electron chi connectivity index (χ4n) is 1.76. The third-order valence-corrected chi connectivity index (χ3v) is 4.32. The lowest BCUT2D eigenvalue weighted by molar-refractivity contribution is 0.580. The Morgan fingerprint density at radius 3 is 2.50 bits per heavy atom. The summed E-state index contributed by atoms with van der Waals surface area (Å²) in [5, 5.41) is 0. The van der Waals surface area contributed by atoms with Gasteiger partial charge in [0.2, 0.25) is 16.0 Å². The van der Waals surface area contributed by atoms with Crippen LogP contribution in [0.3, 0.4) is 0 Å². The first-order valence-electron chi connectivity index (χ1n) is 6.11. The molecule has 1 heterocycles. The quantitative estimate of drug-likeness (QED) is 0.852. The van der Waals surface area contributed by atoms with Gasteiger partial charge in [-0.3, -0.25) is 0 Å². The number of aryl methyl sites for hydroxylation is 1. The maximum absolute atomic E-state index is 12.0. The molecule has 20 heavy (non-hydrogen) atoms. The van der Waals surface area contributed by atoms with E-state index in [-0.39, 0.29) is 10.8 Å². The predicted molar refractivity (Wildman–Crippen MR) is 76.5 cm³/mol. The number of nitrogens with one attached hydrogen (secondary N) is 1. The van der Waals surface area contributed by atoms with Gasteiger partial charge < -0.3 is 5.73 Å². The highest BCUT2D eigenvalue weighted by Gasteiger charge is 2.14. The molecule has 0 aliphatic carbocycles. The van der Waals surface area contributed by atoms with E-state index in [4.69, 9.17) is 5.73 Å². The Morgan fingerprint density at radius 2 is 1.85 bits per heavy atom. The second-order valence-electron chi connectivity index (χ2n) is 4.35. The number of nitrogens with zero attached hydrogens (tertiary/aromatic N) is 2. The van der Waals surface area contributed by atoms with Crippen LogP contribution in [0.15, 0.2) is 41.6 Å². The van der Waals surface area contributed by atoms with E-state index in [1.807, 2.05) is 31.2 Å². The van der Waals surface area contributed by atoms with Gasteiger partial charge in [-0.15, -0.1) is 0 Å². The minimum Gasteiger partial charge on any atom is -0.368 e. The van der Waals surface area contributed by atoms with Gasteiger partial charge in [-0.2, -0.15) is 0 Å². The van der Waals surface area contributed by atoms with Crippen LogP contribution in [0.2, 0.25) is 0 Å². The number of benzene rings is 1. The number of hydrogen-bond donors (Lipinski definition) is 2. The van der Waals surface area contributed by atoms with Gasteiger partial charge in [-0.05, 0) is 24.5 Å². The Labute approximate surface area is 118 Å². The number of nitrogen functional groups attached to an aromatic ring is 1.